The molecule has 1 unspecified atom stereocenters. The predicted octanol–water partition coefficient (Wildman–Crippen LogP) is 1.25. The van der Waals surface area contributed by atoms with Gasteiger partial charge < -0.3 is 14.8 Å². The average molecular weight is 222 g/mol. The second-order valence-electron chi connectivity index (χ2n) is 4.06. The zero-order chi connectivity index (χ0) is 11.4. The van der Waals surface area contributed by atoms with Gasteiger partial charge in [-0.25, -0.2) is 4.98 Å². The van der Waals surface area contributed by atoms with Crippen LogP contribution in [0.5, 0.6) is 11.6 Å². The molecule has 1 aromatic heterocycles. The number of pyridine rings is 1. The summed E-state index contributed by atoms with van der Waals surface area (Å²) >= 11 is 0. The van der Waals surface area contributed by atoms with Crippen LogP contribution in [0.3, 0.4) is 0 Å². The van der Waals surface area contributed by atoms with Gasteiger partial charge in [0, 0.05) is 6.20 Å². The number of hydrogen-bond donors (Lipinski definition) is 1. The number of hydrogen-bond acceptors (Lipinski definition) is 4. The summed E-state index contributed by atoms with van der Waals surface area (Å²) in [6.45, 7) is 2.18. The van der Waals surface area contributed by atoms with Gasteiger partial charge in [0.25, 0.3) is 0 Å². The van der Waals surface area contributed by atoms with Gasteiger partial charge in [0.1, 0.15) is 5.75 Å². The molecule has 0 amide bonds. The van der Waals surface area contributed by atoms with Crippen molar-refractivity contribution in [3.63, 3.8) is 0 Å². The van der Waals surface area contributed by atoms with E-state index in [1.165, 1.54) is 6.42 Å². The molecule has 16 heavy (non-hydrogen) atoms. The third-order valence-corrected chi connectivity index (χ3v) is 3.04. The molecule has 0 aliphatic carbocycles. The molecule has 1 atom stereocenters. The summed E-state index contributed by atoms with van der Waals surface area (Å²) in [5, 5.41) is 3.37. The van der Waals surface area contributed by atoms with Crippen molar-refractivity contribution in [1.82, 2.24) is 10.3 Å². The maximum Gasteiger partial charge on any atom is 0.220 e. The summed E-state index contributed by atoms with van der Waals surface area (Å²) in [6.07, 6.45) is 3.89. The van der Waals surface area contributed by atoms with Gasteiger partial charge in [-0.1, -0.05) is 0 Å². The van der Waals surface area contributed by atoms with Gasteiger partial charge in [-0.3, -0.25) is 0 Å². The molecule has 0 spiro atoms. The lowest BCUT2D eigenvalue weighted by atomic mass is 9.99. The molecule has 88 valence electrons. The van der Waals surface area contributed by atoms with Crippen LogP contribution in [0, 0.1) is 5.92 Å². The summed E-state index contributed by atoms with van der Waals surface area (Å²) in [4.78, 5) is 4.23. The molecule has 0 bridgehead atoms. The Morgan fingerprint density at radius 2 is 2.31 bits per heavy atom. The molecule has 0 aromatic carbocycles. The molecular formula is C12H18N2O2. The van der Waals surface area contributed by atoms with Crippen molar-refractivity contribution in [2.75, 3.05) is 27.3 Å². The normalized spacial score (nSPS) is 19.8. The zero-order valence-electron chi connectivity index (χ0n) is 9.82. The first-order valence-corrected chi connectivity index (χ1v) is 5.61. The maximum atomic E-state index is 5.36. The molecule has 4 heteroatoms. The SMILES string of the molecule is COc1ccnc(OC)c1CC1CCNC1. The van der Waals surface area contributed by atoms with Gasteiger partial charge in [0.15, 0.2) is 0 Å². The molecular weight excluding hydrogens is 204 g/mol. The summed E-state index contributed by atoms with van der Waals surface area (Å²) in [7, 11) is 3.34. The minimum atomic E-state index is 0.659. The highest BCUT2D eigenvalue weighted by molar-refractivity contribution is 5.40. The van der Waals surface area contributed by atoms with Gasteiger partial charge in [-0.2, -0.15) is 0 Å². The van der Waals surface area contributed by atoms with Crippen LogP contribution in [-0.4, -0.2) is 32.3 Å². The van der Waals surface area contributed by atoms with Crippen molar-refractivity contribution in [3.8, 4) is 11.6 Å². The fraction of sp³-hybridized carbons (Fsp3) is 0.583. The second-order valence-corrected chi connectivity index (χ2v) is 4.06. The Labute approximate surface area is 96.0 Å². The van der Waals surface area contributed by atoms with E-state index in [4.69, 9.17) is 9.47 Å². The monoisotopic (exact) mass is 222 g/mol. The number of ether oxygens (including phenoxy) is 2. The Hall–Kier alpha value is -1.29. The van der Waals surface area contributed by atoms with Gasteiger partial charge in [-0.15, -0.1) is 0 Å². The van der Waals surface area contributed by atoms with E-state index in [1.807, 2.05) is 6.07 Å². The average Bonchev–Trinajstić information content (AvgIpc) is 2.82. The van der Waals surface area contributed by atoms with Gasteiger partial charge >= 0.3 is 0 Å². The smallest absolute Gasteiger partial charge is 0.220 e. The van der Waals surface area contributed by atoms with Gasteiger partial charge in [0.2, 0.25) is 5.88 Å². The highest BCUT2D eigenvalue weighted by atomic mass is 16.5. The largest absolute Gasteiger partial charge is 0.496 e. The Kier molecular flexibility index (Phi) is 3.62. The summed E-state index contributed by atoms with van der Waals surface area (Å²) in [6, 6.07) is 1.89. The zero-order valence-corrected chi connectivity index (χ0v) is 9.82. The number of rotatable bonds is 4. The lowest BCUT2D eigenvalue weighted by molar-refractivity contribution is 0.367. The molecule has 2 heterocycles. The quantitative estimate of drug-likeness (QED) is 0.832. The maximum absolute atomic E-state index is 5.36. The number of nitrogens with one attached hydrogen (secondary N) is 1. The minimum Gasteiger partial charge on any atom is -0.496 e. The molecule has 0 saturated carbocycles. The predicted molar refractivity (Wildman–Crippen MR) is 62.0 cm³/mol. The van der Waals surface area contributed by atoms with E-state index in [1.54, 1.807) is 20.4 Å². The summed E-state index contributed by atoms with van der Waals surface area (Å²) < 4.78 is 10.6. The van der Waals surface area contributed by atoms with Crippen molar-refractivity contribution in [3.05, 3.63) is 17.8 Å². The molecule has 1 aromatic rings. The van der Waals surface area contributed by atoms with Crippen molar-refractivity contribution in [1.29, 1.82) is 0 Å². The molecule has 1 N–H and O–H groups in total. The van der Waals surface area contributed by atoms with Crippen LogP contribution < -0.4 is 14.8 Å². The van der Waals surface area contributed by atoms with Crippen molar-refractivity contribution in [2.45, 2.75) is 12.8 Å². The number of methoxy groups -OCH3 is 2. The van der Waals surface area contributed by atoms with E-state index in [9.17, 15) is 0 Å². The molecule has 4 nitrogen and oxygen atoms in total. The van der Waals surface area contributed by atoms with Crippen LogP contribution in [0.4, 0.5) is 0 Å². The standard InChI is InChI=1S/C12H18N2O2/c1-15-11-4-6-14-12(16-2)10(11)7-9-3-5-13-8-9/h4,6,9,13H,3,5,7-8H2,1-2H3. The van der Waals surface area contributed by atoms with Gasteiger partial charge in [0.05, 0.1) is 19.8 Å². The lowest BCUT2D eigenvalue weighted by Crippen LogP contribution is -2.12. The molecule has 1 aliphatic rings. The Bertz CT molecular complexity index is 327. The highest BCUT2D eigenvalue weighted by Gasteiger charge is 2.20. The van der Waals surface area contributed by atoms with Crippen LogP contribution in [0.1, 0.15) is 12.0 Å². The number of aromatic nitrogens is 1. The second kappa shape index (κ2) is 5.16. The van der Waals surface area contributed by atoms with Crippen LogP contribution in [0.15, 0.2) is 12.3 Å². The van der Waals surface area contributed by atoms with Crippen LogP contribution in [-0.2, 0) is 6.42 Å². The van der Waals surface area contributed by atoms with E-state index in [0.717, 1.165) is 30.8 Å². The van der Waals surface area contributed by atoms with E-state index in [-0.39, 0.29) is 0 Å². The molecule has 0 radical (unpaired) electrons. The minimum absolute atomic E-state index is 0.659. The molecule has 1 saturated heterocycles. The van der Waals surface area contributed by atoms with Crippen LogP contribution in [0.2, 0.25) is 0 Å². The highest BCUT2D eigenvalue weighted by Crippen LogP contribution is 2.29. The summed E-state index contributed by atoms with van der Waals surface area (Å²) in [5.41, 5.74) is 1.08. The van der Waals surface area contributed by atoms with Crippen molar-refractivity contribution in [2.24, 2.45) is 5.92 Å². The van der Waals surface area contributed by atoms with Crippen LogP contribution >= 0.6 is 0 Å². The third-order valence-electron chi connectivity index (χ3n) is 3.04. The fourth-order valence-corrected chi connectivity index (χ4v) is 2.19. The van der Waals surface area contributed by atoms with E-state index >= 15 is 0 Å². The van der Waals surface area contributed by atoms with E-state index in [2.05, 4.69) is 10.3 Å². The van der Waals surface area contributed by atoms with Gasteiger partial charge in [-0.05, 0) is 37.9 Å². The number of nitrogens with zero attached hydrogens (tertiary/aromatic N) is 1. The fourth-order valence-electron chi connectivity index (χ4n) is 2.19. The van der Waals surface area contributed by atoms with E-state index in [0.29, 0.717) is 11.8 Å². The first-order valence-electron chi connectivity index (χ1n) is 5.61. The van der Waals surface area contributed by atoms with Crippen molar-refractivity contribution < 1.29 is 9.47 Å². The molecule has 1 fully saturated rings. The summed E-state index contributed by atoms with van der Waals surface area (Å²) in [5.74, 6) is 2.22. The molecule has 1 aliphatic heterocycles. The Morgan fingerprint density at radius 1 is 1.44 bits per heavy atom. The first-order chi connectivity index (χ1) is 7.85. The molecule has 2 rings (SSSR count). The van der Waals surface area contributed by atoms with Crippen LogP contribution in [0.25, 0.3) is 0 Å². The topological polar surface area (TPSA) is 43.4 Å². The Morgan fingerprint density at radius 3 is 2.94 bits per heavy atom. The van der Waals surface area contributed by atoms with Crippen molar-refractivity contribution >= 4 is 0 Å². The Balaban J connectivity index is 2.21. The van der Waals surface area contributed by atoms with E-state index < -0.39 is 0 Å². The first kappa shape index (κ1) is 11.2. The third kappa shape index (κ3) is 2.27. The lowest BCUT2D eigenvalue weighted by Gasteiger charge is -2.14.